The van der Waals surface area contributed by atoms with Gasteiger partial charge < -0.3 is 0 Å². The van der Waals surface area contributed by atoms with Gasteiger partial charge in [0.1, 0.15) is 0 Å². The standard InChI is InChI=1S/C11H10F6N2O/c12-10(13,14)8(11(15,16)17)5-6-1-3-7(4-2-6)9(20)19-18/h1-4,8H,5,18H2,(H,19,20). The van der Waals surface area contributed by atoms with Crippen molar-refractivity contribution in [3.05, 3.63) is 35.4 Å². The Morgan fingerprint density at radius 3 is 1.85 bits per heavy atom. The van der Waals surface area contributed by atoms with Gasteiger partial charge in [-0.2, -0.15) is 26.3 Å². The van der Waals surface area contributed by atoms with Crippen LogP contribution in [0.5, 0.6) is 0 Å². The smallest absolute Gasteiger partial charge is 0.290 e. The van der Waals surface area contributed by atoms with E-state index in [0.717, 1.165) is 24.3 Å². The Balaban J connectivity index is 2.93. The molecule has 3 nitrogen and oxygen atoms in total. The molecule has 0 unspecified atom stereocenters. The van der Waals surface area contributed by atoms with Crippen molar-refractivity contribution in [2.45, 2.75) is 18.8 Å². The summed E-state index contributed by atoms with van der Waals surface area (Å²) in [7, 11) is 0. The largest absolute Gasteiger partial charge is 0.400 e. The lowest BCUT2D eigenvalue weighted by atomic mass is 9.97. The summed E-state index contributed by atoms with van der Waals surface area (Å²) in [4.78, 5) is 11.1. The predicted molar refractivity (Wildman–Crippen MR) is 57.4 cm³/mol. The van der Waals surface area contributed by atoms with Crippen molar-refractivity contribution >= 4 is 5.91 Å². The van der Waals surface area contributed by atoms with Crippen LogP contribution in [0.15, 0.2) is 24.3 Å². The summed E-state index contributed by atoms with van der Waals surface area (Å²) >= 11 is 0. The maximum atomic E-state index is 12.4. The van der Waals surface area contributed by atoms with Crippen LogP contribution in [-0.4, -0.2) is 18.3 Å². The number of halogens is 6. The molecule has 0 radical (unpaired) electrons. The average Bonchev–Trinajstić information content (AvgIpc) is 2.33. The highest BCUT2D eigenvalue weighted by atomic mass is 19.4. The zero-order valence-corrected chi connectivity index (χ0v) is 9.85. The van der Waals surface area contributed by atoms with Gasteiger partial charge in [-0.05, 0) is 24.1 Å². The second kappa shape index (κ2) is 5.70. The molecule has 0 saturated carbocycles. The fourth-order valence-electron chi connectivity index (χ4n) is 1.53. The summed E-state index contributed by atoms with van der Waals surface area (Å²) in [5, 5.41) is 0. The number of benzene rings is 1. The lowest BCUT2D eigenvalue weighted by Crippen LogP contribution is -2.38. The van der Waals surface area contributed by atoms with Crippen LogP contribution in [0, 0.1) is 5.92 Å². The van der Waals surface area contributed by atoms with E-state index in [-0.39, 0.29) is 11.1 Å². The molecule has 0 fully saturated rings. The molecule has 1 aromatic carbocycles. The number of nitrogen functional groups attached to an aromatic ring is 1. The van der Waals surface area contributed by atoms with Gasteiger partial charge in [0.25, 0.3) is 5.91 Å². The third-order valence-electron chi connectivity index (χ3n) is 2.58. The normalized spacial score (nSPS) is 12.6. The first-order valence-electron chi connectivity index (χ1n) is 5.29. The fourth-order valence-corrected chi connectivity index (χ4v) is 1.53. The molecule has 0 aliphatic rings. The van der Waals surface area contributed by atoms with Crippen LogP contribution in [0.4, 0.5) is 26.3 Å². The number of hydrogen-bond donors (Lipinski definition) is 2. The van der Waals surface area contributed by atoms with Crippen molar-refractivity contribution in [2.24, 2.45) is 11.8 Å². The van der Waals surface area contributed by atoms with Crippen molar-refractivity contribution in [3.63, 3.8) is 0 Å². The molecule has 3 N–H and O–H groups in total. The highest BCUT2D eigenvalue weighted by Gasteiger charge is 2.56. The number of carbonyl (C=O) groups is 1. The molecule has 0 spiro atoms. The van der Waals surface area contributed by atoms with Crippen molar-refractivity contribution in [1.82, 2.24) is 5.43 Å². The van der Waals surface area contributed by atoms with Crippen LogP contribution >= 0.6 is 0 Å². The third-order valence-corrected chi connectivity index (χ3v) is 2.58. The van der Waals surface area contributed by atoms with Crippen LogP contribution in [0.25, 0.3) is 0 Å². The SMILES string of the molecule is NNC(=O)c1ccc(CC(C(F)(F)F)C(F)(F)F)cc1. The lowest BCUT2D eigenvalue weighted by Gasteiger charge is -2.22. The van der Waals surface area contributed by atoms with E-state index >= 15 is 0 Å². The molecule has 1 amide bonds. The molecule has 1 rings (SSSR count). The van der Waals surface area contributed by atoms with Crippen molar-refractivity contribution in [3.8, 4) is 0 Å². The van der Waals surface area contributed by atoms with Gasteiger partial charge in [-0.25, -0.2) is 5.84 Å². The molecule has 0 aliphatic carbocycles. The van der Waals surface area contributed by atoms with E-state index in [9.17, 15) is 31.1 Å². The molecular formula is C11H10F6N2O. The lowest BCUT2D eigenvalue weighted by molar-refractivity contribution is -0.283. The highest BCUT2D eigenvalue weighted by molar-refractivity contribution is 5.93. The number of rotatable bonds is 3. The number of alkyl halides is 6. The van der Waals surface area contributed by atoms with Gasteiger partial charge in [-0.3, -0.25) is 10.2 Å². The number of nitrogens with two attached hydrogens (primary N) is 1. The Hall–Kier alpha value is -1.77. The second-order valence-electron chi connectivity index (χ2n) is 4.01. The van der Waals surface area contributed by atoms with E-state index in [1.165, 1.54) is 0 Å². The molecule has 112 valence electrons. The maximum absolute atomic E-state index is 12.4. The summed E-state index contributed by atoms with van der Waals surface area (Å²) in [5.74, 6) is 0.705. The number of hydrogen-bond acceptors (Lipinski definition) is 2. The Kier molecular flexibility index (Phi) is 4.64. The van der Waals surface area contributed by atoms with E-state index in [1.807, 2.05) is 0 Å². The Morgan fingerprint density at radius 1 is 1.05 bits per heavy atom. The van der Waals surface area contributed by atoms with E-state index in [2.05, 4.69) is 0 Å². The van der Waals surface area contributed by atoms with E-state index in [0.29, 0.717) is 0 Å². The maximum Gasteiger partial charge on any atom is 0.400 e. The van der Waals surface area contributed by atoms with Crippen molar-refractivity contribution in [1.29, 1.82) is 0 Å². The molecule has 9 heteroatoms. The predicted octanol–water partition coefficient (Wildman–Crippen LogP) is 2.57. The first-order valence-corrected chi connectivity index (χ1v) is 5.29. The minimum Gasteiger partial charge on any atom is -0.290 e. The molecule has 1 aromatic rings. The zero-order valence-electron chi connectivity index (χ0n) is 9.85. The van der Waals surface area contributed by atoms with Gasteiger partial charge in [0, 0.05) is 5.56 Å². The summed E-state index contributed by atoms with van der Waals surface area (Å²) < 4.78 is 74.2. The quantitative estimate of drug-likeness (QED) is 0.390. The van der Waals surface area contributed by atoms with Crippen molar-refractivity contribution < 1.29 is 31.1 Å². The molecule has 0 aliphatic heterocycles. The molecule has 20 heavy (non-hydrogen) atoms. The number of nitrogens with one attached hydrogen (secondary N) is 1. The average molecular weight is 300 g/mol. The molecule has 0 heterocycles. The molecule has 0 aromatic heterocycles. The minimum absolute atomic E-state index is 0.0341. The Morgan fingerprint density at radius 2 is 1.50 bits per heavy atom. The molecule has 0 bridgehead atoms. The highest BCUT2D eigenvalue weighted by Crippen LogP contribution is 2.41. The van der Waals surface area contributed by atoms with Gasteiger partial charge >= 0.3 is 12.4 Å². The summed E-state index contributed by atoms with van der Waals surface area (Å²) in [5.41, 5.74) is 1.64. The Bertz CT molecular complexity index is 451. The van der Waals surface area contributed by atoms with Crippen LogP contribution < -0.4 is 11.3 Å². The summed E-state index contributed by atoms with van der Waals surface area (Å²) in [6, 6.07) is 4.24. The summed E-state index contributed by atoms with van der Waals surface area (Å²) in [6.07, 6.45) is -12.0. The van der Waals surface area contributed by atoms with E-state index in [4.69, 9.17) is 5.84 Å². The number of hydrazine groups is 1. The monoisotopic (exact) mass is 300 g/mol. The topological polar surface area (TPSA) is 55.1 Å². The van der Waals surface area contributed by atoms with Crippen LogP contribution in [-0.2, 0) is 6.42 Å². The van der Waals surface area contributed by atoms with Crippen LogP contribution in [0.1, 0.15) is 15.9 Å². The second-order valence-corrected chi connectivity index (χ2v) is 4.01. The van der Waals surface area contributed by atoms with Gasteiger partial charge in [0.2, 0.25) is 0 Å². The zero-order chi connectivity index (χ0) is 15.6. The number of amides is 1. The first kappa shape index (κ1) is 16.3. The van der Waals surface area contributed by atoms with Gasteiger partial charge in [0.05, 0.1) is 0 Å². The van der Waals surface area contributed by atoms with Gasteiger partial charge in [0.15, 0.2) is 5.92 Å². The molecular weight excluding hydrogens is 290 g/mol. The van der Waals surface area contributed by atoms with Crippen LogP contribution in [0.3, 0.4) is 0 Å². The fraction of sp³-hybridized carbons (Fsp3) is 0.364. The van der Waals surface area contributed by atoms with Gasteiger partial charge in [-0.15, -0.1) is 0 Å². The van der Waals surface area contributed by atoms with Gasteiger partial charge in [-0.1, -0.05) is 12.1 Å². The third kappa shape index (κ3) is 4.12. The molecule has 0 atom stereocenters. The first-order chi connectivity index (χ1) is 9.05. The van der Waals surface area contributed by atoms with Crippen molar-refractivity contribution in [2.75, 3.05) is 0 Å². The minimum atomic E-state index is -5.38. The van der Waals surface area contributed by atoms with E-state index < -0.39 is 30.6 Å². The molecule has 0 saturated heterocycles. The van der Waals surface area contributed by atoms with E-state index in [1.54, 1.807) is 5.43 Å². The van der Waals surface area contributed by atoms with Crippen LogP contribution in [0.2, 0.25) is 0 Å². The summed E-state index contributed by atoms with van der Waals surface area (Å²) in [6.45, 7) is 0. The Labute approximate surface area is 109 Å². The number of carbonyl (C=O) groups excluding carboxylic acids is 1.